The van der Waals surface area contributed by atoms with Crippen LogP contribution in [0.2, 0.25) is 0 Å². The molecule has 1 aliphatic carbocycles. The van der Waals surface area contributed by atoms with Gasteiger partial charge in [-0.2, -0.15) is 0 Å². The maximum atomic E-state index is 5.99. The number of ether oxygens (including phenoxy) is 1. The first-order valence-corrected chi connectivity index (χ1v) is 5.69. The second kappa shape index (κ2) is 4.67. The van der Waals surface area contributed by atoms with E-state index < -0.39 is 0 Å². The molecule has 0 bridgehead atoms. The van der Waals surface area contributed by atoms with Crippen LogP contribution in [0.4, 0.5) is 0 Å². The van der Waals surface area contributed by atoms with Gasteiger partial charge in [-0.15, -0.1) is 0 Å². The number of rotatable bonds is 2. The largest absolute Gasteiger partial charge is 0.497 e. The molecule has 0 aliphatic heterocycles. The second-order valence-corrected chi connectivity index (χ2v) is 4.40. The molecule has 2 heteroatoms. The van der Waals surface area contributed by atoms with Crippen molar-refractivity contribution in [2.24, 2.45) is 5.73 Å². The normalized spacial score (nSPS) is 26.3. The molecule has 0 radical (unpaired) electrons. The lowest BCUT2D eigenvalue weighted by Gasteiger charge is -2.26. The highest BCUT2D eigenvalue weighted by molar-refractivity contribution is 5.29. The molecule has 1 saturated carbocycles. The minimum absolute atomic E-state index is 0.394. The minimum Gasteiger partial charge on any atom is -0.497 e. The van der Waals surface area contributed by atoms with Gasteiger partial charge in [-0.25, -0.2) is 0 Å². The van der Waals surface area contributed by atoms with Crippen LogP contribution in [-0.4, -0.2) is 13.2 Å². The lowest BCUT2D eigenvalue weighted by molar-refractivity contribution is 0.391. The number of methoxy groups -OCH3 is 1. The van der Waals surface area contributed by atoms with Crippen molar-refractivity contribution in [1.29, 1.82) is 0 Å². The molecular weight excluding hydrogens is 186 g/mol. The van der Waals surface area contributed by atoms with Crippen molar-refractivity contribution in [3.8, 4) is 5.75 Å². The van der Waals surface area contributed by atoms with Crippen LogP contribution in [0.15, 0.2) is 24.3 Å². The predicted octanol–water partition coefficient (Wildman–Crippen LogP) is 2.68. The molecule has 1 fully saturated rings. The van der Waals surface area contributed by atoms with Crippen molar-refractivity contribution in [3.05, 3.63) is 29.8 Å². The highest BCUT2D eigenvalue weighted by Crippen LogP contribution is 2.32. The van der Waals surface area contributed by atoms with Crippen LogP contribution >= 0.6 is 0 Å². The monoisotopic (exact) mass is 205 g/mol. The van der Waals surface area contributed by atoms with Crippen LogP contribution in [0.25, 0.3) is 0 Å². The first kappa shape index (κ1) is 10.5. The zero-order valence-corrected chi connectivity index (χ0v) is 9.28. The summed E-state index contributed by atoms with van der Waals surface area (Å²) in [5, 5.41) is 0. The molecule has 0 saturated heterocycles. The highest BCUT2D eigenvalue weighted by Gasteiger charge is 2.20. The third-order valence-corrected chi connectivity index (χ3v) is 3.30. The van der Waals surface area contributed by atoms with E-state index in [1.54, 1.807) is 7.11 Å². The third-order valence-electron chi connectivity index (χ3n) is 3.30. The van der Waals surface area contributed by atoms with Gasteiger partial charge >= 0.3 is 0 Å². The Balaban J connectivity index is 2.07. The Kier molecular flexibility index (Phi) is 3.27. The average molecular weight is 205 g/mol. The molecule has 2 atom stereocenters. The summed E-state index contributed by atoms with van der Waals surface area (Å²) in [4.78, 5) is 0. The lowest BCUT2D eigenvalue weighted by atomic mass is 9.82. The van der Waals surface area contributed by atoms with Crippen molar-refractivity contribution in [3.63, 3.8) is 0 Å². The molecule has 0 spiro atoms. The van der Waals surface area contributed by atoms with Crippen molar-refractivity contribution in [1.82, 2.24) is 0 Å². The first-order valence-electron chi connectivity index (χ1n) is 5.69. The maximum absolute atomic E-state index is 5.99. The summed E-state index contributed by atoms with van der Waals surface area (Å²) in [6.45, 7) is 0. The Morgan fingerprint density at radius 3 is 2.53 bits per heavy atom. The van der Waals surface area contributed by atoms with Crippen LogP contribution < -0.4 is 10.5 Å². The molecule has 2 rings (SSSR count). The third kappa shape index (κ3) is 2.51. The summed E-state index contributed by atoms with van der Waals surface area (Å²) < 4.78 is 5.15. The SMILES string of the molecule is COc1ccc([C@H]2CCC[C@@H](N)C2)cc1. The Bertz CT molecular complexity index is 307. The maximum Gasteiger partial charge on any atom is 0.118 e. The van der Waals surface area contributed by atoms with Crippen LogP contribution in [0.5, 0.6) is 5.75 Å². The van der Waals surface area contributed by atoms with Gasteiger partial charge in [0.25, 0.3) is 0 Å². The van der Waals surface area contributed by atoms with Gasteiger partial charge in [-0.05, 0) is 42.9 Å². The molecule has 0 unspecified atom stereocenters. The summed E-state index contributed by atoms with van der Waals surface area (Å²) in [6.07, 6.45) is 4.86. The summed E-state index contributed by atoms with van der Waals surface area (Å²) in [7, 11) is 1.70. The minimum atomic E-state index is 0.394. The van der Waals surface area contributed by atoms with E-state index in [4.69, 9.17) is 10.5 Å². The van der Waals surface area contributed by atoms with E-state index in [0.29, 0.717) is 12.0 Å². The van der Waals surface area contributed by atoms with Crippen molar-refractivity contribution >= 4 is 0 Å². The molecule has 0 heterocycles. The molecule has 2 N–H and O–H groups in total. The fourth-order valence-electron chi connectivity index (χ4n) is 2.41. The summed E-state index contributed by atoms with van der Waals surface area (Å²) in [5.41, 5.74) is 7.40. The standard InChI is InChI=1S/C13H19NO/c1-15-13-7-5-10(6-8-13)11-3-2-4-12(14)9-11/h5-8,11-12H,2-4,9,14H2,1H3/t11-,12+/m0/s1. The molecule has 1 aliphatic rings. The number of hydrogen-bond donors (Lipinski definition) is 1. The van der Waals surface area contributed by atoms with Gasteiger partial charge in [-0.1, -0.05) is 18.6 Å². The molecular formula is C13H19NO. The highest BCUT2D eigenvalue weighted by atomic mass is 16.5. The molecule has 1 aromatic carbocycles. The topological polar surface area (TPSA) is 35.2 Å². The molecule has 0 aromatic heterocycles. The first-order chi connectivity index (χ1) is 7.29. The number of benzene rings is 1. The van der Waals surface area contributed by atoms with Gasteiger partial charge in [-0.3, -0.25) is 0 Å². The van der Waals surface area contributed by atoms with Crippen molar-refractivity contribution < 1.29 is 4.74 Å². The number of hydrogen-bond acceptors (Lipinski definition) is 2. The Hall–Kier alpha value is -1.02. The summed E-state index contributed by atoms with van der Waals surface area (Å²) >= 11 is 0. The van der Waals surface area contributed by atoms with Crippen LogP contribution in [-0.2, 0) is 0 Å². The van der Waals surface area contributed by atoms with Crippen molar-refractivity contribution in [2.45, 2.75) is 37.6 Å². The summed E-state index contributed by atoms with van der Waals surface area (Å²) in [5.74, 6) is 1.58. The zero-order chi connectivity index (χ0) is 10.7. The van der Waals surface area contributed by atoms with Gasteiger partial charge in [0.1, 0.15) is 5.75 Å². The summed E-state index contributed by atoms with van der Waals surface area (Å²) in [6, 6.07) is 8.81. The quantitative estimate of drug-likeness (QED) is 0.805. The van der Waals surface area contributed by atoms with Gasteiger partial charge in [0, 0.05) is 6.04 Å². The molecule has 0 amide bonds. The smallest absolute Gasteiger partial charge is 0.118 e. The van der Waals surface area contributed by atoms with Crippen LogP contribution in [0.3, 0.4) is 0 Å². The Morgan fingerprint density at radius 2 is 1.93 bits per heavy atom. The van der Waals surface area contributed by atoms with Crippen LogP contribution in [0, 0.1) is 0 Å². The lowest BCUT2D eigenvalue weighted by Crippen LogP contribution is -2.26. The Labute approximate surface area is 91.4 Å². The molecule has 15 heavy (non-hydrogen) atoms. The zero-order valence-electron chi connectivity index (χ0n) is 9.28. The van der Waals surface area contributed by atoms with Gasteiger partial charge < -0.3 is 10.5 Å². The van der Waals surface area contributed by atoms with Crippen LogP contribution in [0.1, 0.15) is 37.2 Å². The fraction of sp³-hybridized carbons (Fsp3) is 0.538. The van der Waals surface area contributed by atoms with Gasteiger partial charge in [0.15, 0.2) is 0 Å². The van der Waals surface area contributed by atoms with Gasteiger partial charge in [0.2, 0.25) is 0 Å². The van der Waals surface area contributed by atoms with E-state index in [0.717, 1.165) is 12.2 Å². The van der Waals surface area contributed by atoms with E-state index in [1.165, 1.54) is 24.8 Å². The second-order valence-electron chi connectivity index (χ2n) is 4.40. The molecule has 82 valence electrons. The van der Waals surface area contributed by atoms with E-state index in [1.807, 2.05) is 12.1 Å². The van der Waals surface area contributed by atoms with E-state index >= 15 is 0 Å². The average Bonchev–Trinajstić information content (AvgIpc) is 2.29. The molecule has 2 nitrogen and oxygen atoms in total. The Morgan fingerprint density at radius 1 is 1.20 bits per heavy atom. The van der Waals surface area contributed by atoms with Crippen molar-refractivity contribution in [2.75, 3.05) is 7.11 Å². The molecule has 1 aromatic rings. The van der Waals surface area contributed by atoms with E-state index in [-0.39, 0.29) is 0 Å². The van der Waals surface area contributed by atoms with E-state index in [2.05, 4.69) is 12.1 Å². The predicted molar refractivity (Wildman–Crippen MR) is 62.2 cm³/mol. The van der Waals surface area contributed by atoms with E-state index in [9.17, 15) is 0 Å². The number of nitrogens with two attached hydrogens (primary N) is 1. The van der Waals surface area contributed by atoms with Gasteiger partial charge in [0.05, 0.1) is 7.11 Å². The fourth-order valence-corrected chi connectivity index (χ4v) is 2.41.